The first-order valence-electron chi connectivity index (χ1n) is 9.49. The number of carbonyl (C=O) groups is 1. The lowest BCUT2D eigenvalue weighted by molar-refractivity contribution is -0.141. The van der Waals surface area contributed by atoms with E-state index in [4.69, 9.17) is 0 Å². The molecule has 13 heteroatoms. The molecule has 1 aromatic carbocycles. The first-order valence-corrected chi connectivity index (χ1v) is 10.3. The molecule has 0 aliphatic rings. The van der Waals surface area contributed by atoms with Gasteiger partial charge in [0, 0.05) is 18.1 Å². The summed E-state index contributed by atoms with van der Waals surface area (Å²) in [7, 11) is 0. The molecule has 0 bridgehead atoms. The van der Waals surface area contributed by atoms with Crippen molar-refractivity contribution in [2.45, 2.75) is 18.6 Å². The maximum absolute atomic E-state index is 12.9. The summed E-state index contributed by atoms with van der Waals surface area (Å²) >= 11 is 1.02. The highest BCUT2D eigenvalue weighted by molar-refractivity contribution is 7.17. The summed E-state index contributed by atoms with van der Waals surface area (Å²) in [5, 5.41) is 33.3. The lowest BCUT2D eigenvalue weighted by Crippen LogP contribution is -2.57. The van der Waals surface area contributed by atoms with Gasteiger partial charge in [-0.3, -0.25) is 4.79 Å². The van der Waals surface area contributed by atoms with Crippen molar-refractivity contribution in [2.24, 2.45) is 0 Å². The number of halogens is 3. The first-order chi connectivity index (χ1) is 15.6. The number of anilines is 2. The number of carbonyl (C=O) groups excluding carboxylic acids is 1. The standard InChI is InChI=1S/C20H20F3N5O4S/c1-11-4-12(6-13(5-11)26-18-24-3-2-15(27-18)20(21,22)23)14-7-25-17(33-14)16(32)28-19(8-29,9-30)10-31/h2-7,29-31H,8-10H2,1H3,(H,28,32)(H,24,26,27). The van der Waals surface area contributed by atoms with Crippen LogP contribution in [0.3, 0.4) is 0 Å². The molecule has 0 fully saturated rings. The molecule has 1 amide bonds. The van der Waals surface area contributed by atoms with Crippen molar-refractivity contribution in [3.63, 3.8) is 0 Å². The third-order valence-electron chi connectivity index (χ3n) is 4.55. The third kappa shape index (κ3) is 5.82. The summed E-state index contributed by atoms with van der Waals surface area (Å²) in [4.78, 5) is 24.4. The Hall–Kier alpha value is -3.13. The summed E-state index contributed by atoms with van der Waals surface area (Å²) < 4.78 is 38.7. The molecule has 5 N–H and O–H groups in total. The normalized spacial score (nSPS) is 12.0. The van der Waals surface area contributed by atoms with Crippen LogP contribution in [0.1, 0.15) is 21.1 Å². The number of hydrogen-bond acceptors (Lipinski definition) is 9. The largest absolute Gasteiger partial charge is 0.433 e. The van der Waals surface area contributed by atoms with Gasteiger partial charge in [0.15, 0.2) is 5.01 Å². The molecule has 0 unspecified atom stereocenters. The molecule has 0 saturated carbocycles. The highest BCUT2D eigenvalue weighted by Gasteiger charge is 2.33. The van der Waals surface area contributed by atoms with E-state index in [0.717, 1.165) is 29.2 Å². The van der Waals surface area contributed by atoms with Gasteiger partial charge in [0.1, 0.15) is 11.2 Å². The van der Waals surface area contributed by atoms with Crippen molar-refractivity contribution in [1.82, 2.24) is 20.3 Å². The van der Waals surface area contributed by atoms with Crippen molar-refractivity contribution < 1.29 is 33.3 Å². The Labute approximate surface area is 190 Å². The lowest BCUT2D eigenvalue weighted by atomic mass is 10.0. The number of amides is 1. The monoisotopic (exact) mass is 483 g/mol. The van der Waals surface area contributed by atoms with Gasteiger partial charge in [0.25, 0.3) is 5.91 Å². The van der Waals surface area contributed by atoms with Crippen molar-refractivity contribution in [3.8, 4) is 10.4 Å². The first kappa shape index (κ1) is 24.5. The Kier molecular flexibility index (Phi) is 7.27. The van der Waals surface area contributed by atoms with E-state index < -0.39 is 43.1 Å². The van der Waals surface area contributed by atoms with Crippen LogP contribution in [0.4, 0.5) is 24.8 Å². The number of hydrogen-bond donors (Lipinski definition) is 5. The molecule has 0 saturated heterocycles. The number of thiazole rings is 1. The van der Waals surface area contributed by atoms with E-state index in [1.165, 1.54) is 6.20 Å². The number of aliphatic hydroxyl groups excluding tert-OH is 3. The van der Waals surface area contributed by atoms with Crippen LogP contribution in [-0.2, 0) is 6.18 Å². The topological polar surface area (TPSA) is 140 Å². The predicted octanol–water partition coefficient (Wildman–Crippen LogP) is 2.12. The van der Waals surface area contributed by atoms with Crippen molar-refractivity contribution >= 4 is 28.9 Å². The van der Waals surface area contributed by atoms with Gasteiger partial charge in [-0.15, -0.1) is 11.3 Å². The molecule has 3 aromatic rings. The van der Waals surface area contributed by atoms with E-state index in [0.29, 0.717) is 16.1 Å². The fourth-order valence-corrected chi connectivity index (χ4v) is 3.58. The van der Waals surface area contributed by atoms with E-state index in [-0.39, 0.29) is 11.0 Å². The minimum atomic E-state index is -4.60. The van der Waals surface area contributed by atoms with Crippen LogP contribution < -0.4 is 10.6 Å². The fraction of sp³-hybridized carbons (Fsp3) is 0.300. The zero-order chi connectivity index (χ0) is 24.2. The average Bonchev–Trinajstić information content (AvgIpc) is 3.27. The molecule has 0 aliphatic heterocycles. The molecule has 2 aromatic heterocycles. The quantitative estimate of drug-likeness (QED) is 0.328. The summed E-state index contributed by atoms with van der Waals surface area (Å²) in [6, 6.07) is 5.91. The van der Waals surface area contributed by atoms with E-state index in [2.05, 4.69) is 25.6 Å². The second-order valence-electron chi connectivity index (χ2n) is 7.21. The van der Waals surface area contributed by atoms with E-state index in [1.54, 1.807) is 25.1 Å². The van der Waals surface area contributed by atoms with Gasteiger partial charge < -0.3 is 26.0 Å². The molecule has 33 heavy (non-hydrogen) atoms. The van der Waals surface area contributed by atoms with Crippen LogP contribution >= 0.6 is 11.3 Å². The zero-order valence-electron chi connectivity index (χ0n) is 17.2. The minimum absolute atomic E-state index is 0.0296. The van der Waals surface area contributed by atoms with Crippen molar-refractivity contribution in [2.75, 3.05) is 25.1 Å². The van der Waals surface area contributed by atoms with Crippen LogP contribution in [0.15, 0.2) is 36.7 Å². The summed E-state index contributed by atoms with van der Waals surface area (Å²) in [5.41, 5.74) is -0.812. The molecule has 0 aliphatic carbocycles. The van der Waals surface area contributed by atoms with Gasteiger partial charge in [-0.25, -0.2) is 15.0 Å². The molecule has 3 rings (SSSR count). The number of aliphatic hydroxyl groups is 3. The predicted molar refractivity (Wildman–Crippen MR) is 114 cm³/mol. The molecule has 0 atom stereocenters. The Balaban J connectivity index is 1.83. The average molecular weight is 483 g/mol. The lowest BCUT2D eigenvalue weighted by Gasteiger charge is -2.28. The van der Waals surface area contributed by atoms with Crippen LogP contribution in [-0.4, -0.2) is 61.5 Å². The van der Waals surface area contributed by atoms with Gasteiger partial charge in [-0.1, -0.05) is 6.07 Å². The highest BCUT2D eigenvalue weighted by Crippen LogP contribution is 2.31. The summed E-state index contributed by atoms with van der Waals surface area (Å²) in [5.74, 6) is -0.911. The SMILES string of the molecule is Cc1cc(Nc2nccc(C(F)(F)F)n2)cc(-c2cnc(C(=O)NC(CO)(CO)CO)s2)c1. The number of nitrogens with one attached hydrogen (secondary N) is 2. The van der Waals surface area contributed by atoms with Crippen LogP contribution in [0.5, 0.6) is 0 Å². The molecular formula is C20H20F3N5O4S. The summed E-state index contributed by atoms with van der Waals surface area (Å²) in [6.45, 7) is -0.230. The number of benzene rings is 1. The maximum atomic E-state index is 12.9. The van der Waals surface area contributed by atoms with Crippen LogP contribution in [0.25, 0.3) is 10.4 Å². The smallest absolute Gasteiger partial charge is 0.394 e. The maximum Gasteiger partial charge on any atom is 0.433 e. The number of alkyl halides is 3. The Morgan fingerprint density at radius 3 is 2.42 bits per heavy atom. The molecule has 0 spiro atoms. The van der Waals surface area contributed by atoms with Gasteiger partial charge >= 0.3 is 6.18 Å². The second kappa shape index (κ2) is 9.79. The van der Waals surface area contributed by atoms with Gasteiger partial charge in [-0.05, 0) is 36.2 Å². The Morgan fingerprint density at radius 2 is 1.79 bits per heavy atom. The number of nitrogens with zero attached hydrogens (tertiary/aromatic N) is 3. The second-order valence-corrected chi connectivity index (χ2v) is 8.25. The fourth-order valence-electron chi connectivity index (χ4n) is 2.78. The number of aryl methyl sites for hydroxylation is 1. The van der Waals surface area contributed by atoms with Crippen molar-refractivity contribution in [3.05, 3.63) is 52.9 Å². The van der Waals surface area contributed by atoms with Gasteiger partial charge in [0.05, 0.1) is 24.7 Å². The zero-order valence-corrected chi connectivity index (χ0v) is 18.0. The molecule has 2 heterocycles. The van der Waals surface area contributed by atoms with Crippen LogP contribution in [0, 0.1) is 6.92 Å². The molecular weight excluding hydrogens is 463 g/mol. The van der Waals surface area contributed by atoms with Crippen LogP contribution in [0.2, 0.25) is 0 Å². The highest BCUT2D eigenvalue weighted by atomic mass is 32.1. The third-order valence-corrected chi connectivity index (χ3v) is 5.60. The van der Waals surface area contributed by atoms with Crippen molar-refractivity contribution in [1.29, 1.82) is 0 Å². The van der Waals surface area contributed by atoms with E-state index >= 15 is 0 Å². The molecule has 176 valence electrons. The summed E-state index contributed by atoms with van der Waals surface area (Å²) in [6.07, 6.45) is -2.15. The minimum Gasteiger partial charge on any atom is -0.394 e. The van der Waals surface area contributed by atoms with Gasteiger partial charge in [-0.2, -0.15) is 13.2 Å². The Bertz CT molecular complexity index is 1130. The molecule has 0 radical (unpaired) electrons. The number of aromatic nitrogens is 3. The van der Waals surface area contributed by atoms with Gasteiger partial charge in [0.2, 0.25) is 5.95 Å². The number of rotatable bonds is 8. The van der Waals surface area contributed by atoms with E-state index in [1.807, 2.05) is 0 Å². The molecule has 9 nitrogen and oxygen atoms in total. The van der Waals surface area contributed by atoms with E-state index in [9.17, 15) is 33.3 Å². The Morgan fingerprint density at radius 1 is 1.09 bits per heavy atom.